The molecule has 5 rings (SSSR count). The third kappa shape index (κ3) is 3.59. The highest BCUT2D eigenvalue weighted by atomic mass is 32.2. The zero-order valence-electron chi connectivity index (χ0n) is 17.1. The maximum atomic E-state index is 13.3. The van der Waals surface area contributed by atoms with E-state index in [2.05, 4.69) is 4.98 Å². The minimum atomic E-state index is -3.73. The van der Waals surface area contributed by atoms with Crippen LogP contribution in [0.25, 0.3) is 10.9 Å². The van der Waals surface area contributed by atoms with Crippen molar-refractivity contribution in [3.8, 4) is 0 Å². The first-order valence-electron chi connectivity index (χ1n) is 10.6. The number of rotatable bonds is 4. The number of benzene rings is 2. The van der Waals surface area contributed by atoms with E-state index in [0.717, 1.165) is 41.4 Å². The molecule has 0 unspecified atom stereocenters. The smallest absolute Gasteiger partial charge is 0.243 e. The Bertz CT molecular complexity index is 1320. The number of aromatic amines is 1. The van der Waals surface area contributed by atoms with E-state index in [1.807, 2.05) is 24.3 Å². The minimum absolute atomic E-state index is 0.119. The van der Waals surface area contributed by atoms with Gasteiger partial charge in [0.05, 0.1) is 9.79 Å². The van der Waals surface area contributed by atoms with Crippen LogP contribution in [-0.2, 0) is 33.0 Å². The Kier molecular flexibility index (Phi) is 5.16. The fourth-order valence-electron chi connectivity index (χ4n) is 4.53. The molecule has 1 N–H and O–H groups in total. The van der Waals surface area contributed by atoms with Crippen LogP contribution >= 0.6 is 0 Å². The first-order valence-corrected chi connectivity index (χ1v) is 13.4. The predicted octanol–water partition coefficient (Wildman–Crippen LogP) is 3.09. The van der Waals surface area contributed by atoms with Gasteiger partial charge in [0.25, 0.3) is 0 Å². The molecule has 3 heterocycles. The first kappa shape index (κ1) is 20.7. The van der Waals surface area contributed by atoms with E-state index in [4.69, 9.17) is 0 Å². The number of piperidine rings is 1. The van der Waals surface area contributed by atoms with Gasteiger partial charge in [-0.1, -0.05) is 24.6 Å². The standard InChI is InChI=1S/C22H25N3O4S2/c26-30(27,24-13-4-1-5-14-24)17-8-10-18(11-9-17)31(28,29)25-15-12-22-20(16-25)19-6-2-3-7-21(19)23-22/h2-3,6-11,23H,1,4-5,12-16H2. The van der Waals surface area contributed by atoms with Gasteiger partial charge in [0.2, 0.25) is 20.0 Å². The summed E-state index contributed by atoms with van der Waals surface area (Å²) in [5.74, 6) is 0. The minimum Gasteiger partial charge on any atom is -0.358 e. The molecule has 0 spiro atoms. The summed E-state index contributed by atoms with van der Waals surface area (Å²) in [6, 6.07) is 13.6. The summed E-state index contributed by atoms with van der Waals surface area (Å²) in [5, 5.41) is 1.04. The fourth-order valence-corrected chi connectivity index (χ4v) is 7.46. The molecule has 2 aliphatic rings. The van der Waals surface area contributed by atoms with Gasteiger partial charge in [-0.2, -0.15) is 8.61 Å². The van der Waals surface area contributed by atoms with Gasteiger partial charge in [0, 0.05) is 49.2 Å². The summed E-state index contributed by atoms with van der Waals surface area (Å²) in [4.78, 5) is 3.65. The van der Waals surface area contributed by atoms with Crippen molar-refractivity contribution in [2.24, 2.45) is 0 Å². The summed E-state index contributed by atoms with van der Waals surface area (Å²) in [5.41, 5.74) is 3.10. The highest BCUT2D eigenvalue weighted by Gasteiger charge is 2.31. The van der Waals surface area contributed by atoms with Gasteiger partial charge in [-0.15, -0.1) is 0 Å². The molecule has 7 nitrogen and oxygen atoms in total. The highest BCUT2D eigenvalue weighted by Crippen LogP contribution is 2.31. The third-order valence-corrected chi connectivity index (χ3v) is 10.0. The number of H-pyrrole nitrogens is 1. The van der Waals surface area contributed by atoms with E-state index in [0.29, 0.717) is 32.6 Å². The van der Waals surface area contributed by atoms with Crippen LogP contribution in [0.4, 0.5) is 0 Å². The maximum Gasteiger partial charge on any atom is 0.243 e. The van der Waals surface area contributed by atoms with Gasteiger partial charge in [0.15, 0.2) is 0 Å². The number of sulfonamides is 2. The average Bonchev–Trinajstić information content (AvgIpc) is 3.18. The number of nitrogens with zero attached hydrogens (tertiary/aromatic N) is 2. The van der Waals surface area contributed by atoms with Crippen molar-refractivity contribution in [1.29, 1.82) is 0 Å². The number of nitrogens with one attached hydrogen (secondary N) is 1. The molecule has 0 atom stereocenters. The first-order chi connectivity index (χ1) is 14.9. The molecule has 31 heavy (non-hydrogen) atoms. The molecule has 0 saturated carbocycles. The van der Waals surface area contributed by atoms with Gasteiger partial charge in [-0.05, 0) is 48.7 Å². The summed E-state index contributed by atoms with van der Waals surface area (Å²) >= 11 is 0. The summed E-state index contributed by atoms with van der Waals surface area (Å²) in [6.07, 6.45) is 3.37. The van der Waals surface area contributed by atoms with Crippen LogP contribution in [0.2, 0.25) is 0 Å². The number of fused-ring (bicyclic) bond motifs is 3. The molecule has 1 aromatic heterocycles. The lowest BCUT2D eigenvalue weighted by Crippen LogP contribution is -2.36. The van der Waals surface area contributed by atoms with Crippen LogP contribution in [0, 0.1) is 0 Å². The summed E-state index contributed by atoms with van der Waals surface area (Å²) in [7, 11) is -7.31. The van der Waals surface area contributed by atoms with Crippen molar-refractivity contribution < 1.29 is 16.8 Å². The zero-order valence-corrected chi connectivity index (χ0v) is 18.8. The van der Waals surface area contributed by atoms with Crippen molar-refractivity contribution in [1.82, 2.24) is 13.6 Å². The van der Waals surface area contributed by atoms with Crippen molar-refractivity contribution in [2.45, 2.75) is 42.0 Å². The van der Waals surface area contributed by atoms with Gasteiger partial charge in [-0.3, -0.25) is 0 Å². The molecular formula is C22H25N3O4S2. The lowest BCUT2D eigenvalue weighted by Gasteiger charge is -2.27. The Hall–Kier alpha value is -2.20. The second kappa shape index (κ2) is 7.74. The van der Waals surface area contributed by atoms with Gasteiger partial charge < -0.3 is 4.98 Å². The van der Waals surface area contributed by atoms with E-state index in [9.17, 15) is 16.8 Å². The molecule has 0 radical (unpaired) electrons. The van der Waals surface area contributed by atoms with E-state index in [-0.39, 0.29) is 9.79 Å². The SMILES string of the molecule is O=S(=O)(c1ccc(S(=O)(=O)N2CCc3[nH]c4ccccc4c3C2)cc1)N1CCCCC1. The fraction of sp³-hybridized carbons (Fsp3) is 0.364. The maximum absolute atomic E-state index is 13.3. The van der Waals surface area contributed by atoms with E-state index in [1.165, 1.54) is 32.9 Å². The Morgan fingerprint density at radius 1 is 0.710 bits per heavy atom. The lowest BCUT2D eigenvalue weighted by molar-refractivity contribution is 0.346. The number of hydrogen-bond donors (Lipinski definition) is 1. The summed E-state index contributed by atoms with van der Waals surface area (Å²) < 4.78 is 55.2. The van der Waals surface area contributed by atoms with E-state index in [1.54, 1.807) is 0 Å². The zero-order chi connectivity index (χ0) is 21.6. The quantitative estimate of drug-likeness (QED) is 0.649. The molecule has 0 bridgehead atoms. The third-order valence-electron chi connectivity index (χ3n) is 6.26. The largest absolute Gasteiger partial charge is 0.358 e. The van der Waals surface area contributed by atoms with Crippen LogP contribution in [0.5, 0.6) is 0 Å². The normalized spacial score (nSPS) is 18.8. The molecule has 0 aliphatic carbocycles. The van der Waals surface area contributed by atoms with Gasteiger partial charge >= 0.3 is 0 Å². The van der Waals surface area contributed by atoms with Crippen molar-refractivity contribution in [3.63, 3.8) is 0 Å². The molecular weight excluding hydrogens is 434 g/mol. The van der Waals surface area contributed by atoms with Crippen LogP contribution in [0.3, 0.4) is 0 Å². The molecule has 164 valence electrons. The van der Waals surface area contributed by atoms with Crippen LogP contribution < -0.4 is 0 Å². The second-order valence-corrected chi connectivity index (χ2v) is 12.0. The van der Waals surface area contributed by atoms with E-state index >= 15 is 0 Å². The molecule has 3 aromatic rings. The van der Waals surface area contributed by atoms with Gasteiger partial charge in [-0.25, -0.2) is 16.8 Å². The molecule has 9 heteroatoms. The molecule has 2 aromatic carbocycles. The lowest BCUT2D eigenvalue weighted by atomic mass is 10.1. The Morgan fingerprint density at radius 3 is 2.00 bits per heavy atom. The van der Waals surface area contributed by atoms with Crippen molar-refractivity contribution in [3.05, 3.63) is 59.8 Å². The van der Waals surface area contributed by atoms with Crippen LogP contribution in [-0.4, -0.2) is 50.1 Å². The number of aromatic nitrogens is 1. The molecule has 0 amide bonds. The Morgan fingerprint density at radius 2 is 1.32 bits per heavy atom. The predicted molar refractivity (Wildman–Crippen MR) is 119 cm³/mol. The monoisotopic (exact) mass is 459 g/mol. The van der Waals surface area contributed by atoms with Crippen LogP contribution in [0.1, 0.15) is 30.5 Å². The average molecular weight is 460 g/mol. The highest BCUT2D eigenvalue weighted by molar-refractivity contribution is 7.89. The Labute approximate surface area is 182 Å². The molecule has 1 fully saturated rings. The molecule has 2 aliphatic heterocycles. The van der Waals surface area contributed by atoms with Crippen molar-refractivity contribution in [2.75, 3.05) is 19.6 Å². The second-order valence-electron chi connectivity index (χ2n) is 8.15. The van der Waals surface area contributed by atoms with E-state index < -0.39 is 20.0 Å². The van der Waals surface area contributed by atoms with Gasteiger partial charge in [0.1, 0.15) is 0 Å². The van der Waals surface area contributed by atoms with Crippen molar-refractivity contribution >= 4 is 30.9 Å². The topological polar surface area (TPSA) is 90.5 Å². The summed E-state index contributed by atoms with van der Waals surface area (Å²) in [6.45, 7) is 1.72. The molecule has 1 saturated heterocycles. The Balaban J connectivity index is 1.41. The number of para-hydroxylation sites is 1. The number of hydrogen-bond acceptors (Lipinski definition) is 4. The van der Waals surface area contributed by atoms with Crippen LogP contribution in [0.15, 0.2) is 58.3 Å².